The Kier molecular flexibility index (Phi) is 5.59. The number of aliphatic hydroxyl groups excluding tert-OH is 1. The maximum absolute atomic E-state index is 10.1. The van der Waals surface area contributed by atoms with Crippen molar-refractivity contribution in [2.24, 2.45) is 0 Å². The summed E-state index contributed by atoms with van der Waals surface area (Å²) in [5, 5.41) is 22.5. The quantitative estimate of drug-likeness (QED) is 0.711. The van der Waals surface area contributed by atoms with Crippen LogP contribution in [0.2, 0.25) is 0 Å². The number of phenols is 1. The number of benzene rings is 2. The van der Waals surface area contributed by atoms with Crippen LogP contribution in [0.15, 0.2) is 53.0 Å². The molecule has 0 radical (unpaired) electrons. The van der Waals surface area contributed by atoms with Crippen LogP contribution in [-0.2, 0) is 6.42 Å². The second kappa shape index (κ2) is 7.43. The third kappa shape index (κ3) is 4.63. The summed E-state index contributed by atoms with van der Waals surface area (Å²) in [6.45, 7) is 1.31. The topological polar surface area (TPSA) is 52.5 Å². The molecule has 0 bridgehead atoms. The number of aromatic hydroxyl groups is 1. The monoisotopic (exact) mass is 335 g/mol. The van der Waals surface area contributed by atoms with Gasteiger partial charge in [-0.25, -0.2) is 0 Å². The first-order valence-corrected chi connectivity index (χ1v) is 7.36. The van der Waals surface area contributed by atoms with E-state index in [0.29, 0.717) is 6.54 Å². The lowest BCUT2D eigenvalue weighted by atomic mass is 10.1. The molecule has 106 valence electrons. The molecule has 1 unspecified atom stereocenters. The van der Waals surface area contributed by atoms with E-state index < -0.39 is 6.10 Å². The fourth-order valence-electron chi connectivity index (χ4n) is 1.97. The molecule has 0 saturated heterocycles. The van der Waals surface area contributed by atoms with Crippen molar-refractivity contribution in [3.8, 4) is 5.75 Å². The molecule has 0 fully saturated rings. The average Bonchev–Trinajstić information content (AvgIpc) is 2.45. The molecule has 3 nitrogen and oxygen atoms in total. The zero-order valence-corrected chi connectivity index (χ0v) is 12.7. The molecule has 0 spiro atoms. The zero-order chi connectivity index (χ0) is 14.4. The molecule has 0 heterocycles. The van der Waals surface area contributed by atoms with Crippen LogP contribution in [0.3, 0.4) is 0 Å². The predicted molar refractivity (Wildman–Crippen MR) is 83.8 cm³/mol. The molecule has 2 aromatic carbocycles. The van der Waals surface area contributed by atoms with E-state index in [2.05, 4.69) is 21.2 Å². The van der Waals surface area contributed by atoms with Crippen molar-refractivity contribution in [2.75, 3.05) is 13.1 Å². The smallest absolute Gasteiger partial charge is 0.115 e. The van der Waals surface area contributed by atoms with E-state index >= 15 is 0 Å². The lowest BCUT2D eigenvalue weighted by molar-refractivity contribution is 0.175. The SMILES string of the molecule is Oc1ccc(CCNCC(O)c2cccc(Br)c2)cc1. The number of aliphatic hydroxyl groups is 1. The largest absolute Gasteiger partial charge is 0.508 e. The van der Waals surface area contributed by atoms with E-state index in [0.717, 1.165) is 28.6 Å². The predicted octanol–water partition coefficient (Wildman–Crippen LogP) is 3.02. The number of hydrogen-bond donors (Lipinski definition) is 3. The first-order chi connectivity index (χ1) is 9.65. The van der Waals surface area contributed by atoms with Crippen LogP contribution < -0.4 is 5.32 Å². The van der Waals surface area contributed by atoms with Crippen LogP contribution >= 0.6 is 15.9 Å². The lowest BCUT2D eigenvalue weighted by Crippen LogP contribution is -2.23. The van der Waals surface area contributed by atoms with Gasteiger partial charge in [-0.15, -0.1) is 0 Å². The van der Waals surface area contributed by atoms with Gasteiger partial charge in [-0.2, -0.15) is 0 Å². The Balaban J connectivity index is 1.74. The van der Waals surface area contributed by atoms with Crippen molar-refractivity contribution in [2.45, 2.75) is 12.5 Å². The van der Waals surface area contributed by atoms with E-state index in [1.807, 2.05) is 36.4 Å². The molecule has 2 rings (SSSR count). The third-order valence-electron chi connectivity index (χ3n) is 3.10. The number of hydrogen-bond acceptors (Lipinski definition) is 3. The number of rotatable bonds is 6. The van der Waals surface area contributed by atoms with Gasteiger partial charge in [0, 0.05) is 11.0 Å². The van der Waals surface area contributed by atoms with Gasteiger partial charge in [0.05, 0.1) is 6.10 Å². The highest BCUT2D eigenvalue weighted by atomic mass is 79.9. The molecule has 1 atom stereocenters. The Morgan fingerprint density at radius 3 is 2.55 bits per heavy atom. The van der Waals surface area contributed by atoms with Crippen LogP contribution in [0, 0.1) is 0 Å². The van der Waals surface area contributed by atoms with Crippen molar-refractivity contribution >= 4 is 15.9 Å². The molecule has 0 amide bonds. The maximum atomic E-state index is 10.1. The summed E-state index contributed by atoms with van der Waals surface area (Å²) in [6.07, 6.45) is 0.359. The highest BCUT2D eigenvalue weighted by Crippen LogP contribution is 2.17. The lowest BCUT2D eigenvalue weighted by Gasteiger charge is -2.12. The molecule has 0 aliphatic carbocycles. The normalized spacial score (nSPS) is 12.3. The van der Waals surface area contributed by atoms with Crippen LogP contribution in [0.25, 0.3) is 0 Å². The summed E-state index contributed by atoms with van der Waals surface area (Å²) in [7, 11) is 0. The van der Waals surface area contributed by atoms with Crippen molar-refractivity contribution < 1.29 is 10.2 Å². The summed E-state index contributed by atoms with van der Waals surface area (Å²) >= 11 is 3.40. The van der Waals surface area contributed by atoms with Gasteiger partial charge in [-0.05, 0) is 48.4 Å². The van der Waals surface area contributed by atoms with Crippen LogP contribution in [0.4, 0.5) is 0 Å². The molecule has 4 heteroatoms. The van der Waals surface area contributed by atoms with E-state index in [1.54, 1.807) is 12.1 Å². The van der Waals surface area contributed by atoms with Crippen molar-refractivity contribution in [1.29, 1.82) is 0 Å². The van der Waals surface area contributed by atoms with Gasteiger partial charge in [0.2, 0.25) is 0 Å². The molecular weight excluding hydrogens is 318 g/mol. The molecule has 0 aromatic heterocycles. The fourth-order valence-corrected chi connectivity index (χ4v) is 2.38. The summed E-state index contributed by atoms with van der Waals surface area (Å²) < 4.78 is 0.971. The number of halogens is 1. The standard InChI is InChI=1S/C16H18BrNO2/c17-14-3-1-2-13(10-14)16(20)11-18-9-8-12-4-6-15(19)7-5-12/h1-7,10,16,18-20H,8-9,11H2. The Bertz CT molecular complexity index is 542. The first kappa shape index (κ1) is 15.0. The van der Waals surface area contributed by atoms with Crippen molar-refractivity contribution in [3.05, 3.63) is 64.1 Å². The average molecular weight is 336 g/mol. The molecule has 0 saturated carbocycles. The zero-order valence-electron chi connectivity index (χ0n) is 11.1. The second-order valence-corrected chi connectivity index (χ2v) is 5.61. The maximum Gasteiger partial charge on any atom is 0.115 e. The number of phenolic OH excluding ortho intramolecular Hbond substituents is 1. The third-order valence-corrected chi connectivity index (χ3v) is 3.59. The van der Waals surface area contributed by atoms with E-state index in [4.69, 9.17) is 0 Å². The molecule has 2 aromatic rings. The summed E-state index contributed by atoms with van der Waals surface area (Å²) in [5.41, 5.74) is 2.06. The summed E-state index contributed by atoms with van der Waals surface area (Å²) in [6, 6.07) is 14.9. The minimum Gasteiger partial charge on any atom is -0.508 e. The van der Waals surface area contributed by atoms with E-state index in [1.165, 1.54) is 0 Å². The summed E-state index contributed by atoms with van der Waals surface area (Å²) in [4.78, 5) is 0. The van der Waals surface area contributed by atoms with Crippen LogP contribution in [0.1, 0.15) is 17.2 Å². The van der Waals surface area contributed by atoms with Gasteiger partial charge in [0.1, 0.15) is 5.75 Å². The first-order valence-electron chi connectivity index (χ1n) is 6.57. The van der Waals surface area contributed by atoms with E-state index in [-0.39, 0.29) is 5.75 Å². The van der Waals surface area contributed by atoms with Crippen LogP contribution in [-0.4, -0.2) is 23.3 Å². The fraction of sp³-hybridized carbons (Fsp3) is 0.250. The summed E-state index contributed by atoms with van der Waals surface area (Å²) in [5.74, 6) is 0.284. The Labute approximate surface area is 127 Å². The Morgan fingerprint density at radius 2 is 1.85 bits per heavy atom. The number of nitrogens with one attached hydrogen (secondary N) is 1. The van der Waals surface area contributed by atoms with Gasteiger partial charge in [0.25, 0.3) is 0 Å². The van der Waals surface area contributed by atoms with E-state index in [9.17, 15) is 10.2 Å². The highest BCUT2D eigenvalue weighted by Gasteiger charge is 2.06. The molecule has 0 aliphatic rings. The van der Waals surface area contributed by atoms with Crippen LogP contribution in [0.5, 0.6) is 5.75 Å². The molecular formula is C16H18BrNO2. The van der Waals surface area contributed by atoms with Crippen molar-refractivity contribution in [1.82, 2.24) is 5.32 Å². The molecule has 0 aliphatic heterocycles. The highest BCUT2D eigenvalue weighted by molar-refractivity contribution is 9.10. The van der Waals surface area contributed by atoms with Gasteiger partial charge in [0.15, 0.2) is 0 Å². The second-order valence-electron chi connectivity index (χ2n) is 4.69. The van der Waals surface area contributed by atoms with Gasteiger partial charge >= 0.3 is 0 Å². The van der Waals surface area contributed by atoms with Gasteiger partial charge < -0.3 is 15.5 Å². The molecule has 20 heavy (non-hydrogen) atoms. The molecule has 3 N–H and O–H groups in total. The Hall–Kier alpha value is -1.36. The van der Waals surface area contributed by atoms with Gasteiger partial charge in [-0.1, -0.05) is 40.2 Å². The van der Waals surface area contributed by atoms with Crippen molar-refractivity contribution in [3.63, 3.8) is 0 Å². The minimum atomic E-state index is -0.507. The Morgan fingerprint density at radius 1 is 1.10 bits per heavy atom. The van der Waals surface area contributed by atoms with Gasteiger partial charge in [-0.3, -0.25) is 0 Å². The minimum absolute atomic E-state index is 0.284.